The summed E-state index contributed by atoms with van der Waals surface area (Å²) in [4.78, 5) is 23.5. The average Bonchev–Trinajstić information content (AvgIpc) is 3.12. The first-order chi connectivity index (χ1) is 14.7. The van der Waals surface area contributed by atoms with Gasteiger partial charge in [-0.15, -0.1) is 0 Å². The quantitative estimate of drug-likeness (QED) is 0.439. The molecule has 0 spiro atoms. The number of sulfonamides is 1. The third-order valence-corrected chi connectivity index (χ3v) is 6.73. The molecule has 9 heteroatoms. The van der Waals surface area contributed by atoms with Gasteiger partial charge < -0.3 is 14.8 Å². The van der Waals surface area contributed by atoms with Crippen molar-refractivity contribution >= 4 is 43.8 Å². The van der Waals surface area contributed by atoms with Crippen molar-refractivity contribution in [3.63, 3.8) is 0 Å². The maximum absolute atomic E-state index is 12.8. The Labute approximate surface area is 180 Å². The fourth-order valence-corrected chi connectivity index (χ4v) is 4.41. The Morgan fingerprint density at radius 1 is 1.10 bits per heavy atom. The first-order valence-electron chi connectivity index (χ1n) is 10.1. The van der Waals surface area contributed by atoms with E-state index >= 15 is 0 Å². The summed E-state index contributed by atoms with van der Waals surface area (Å²) < 4.78 is 33.6. The number of carbonyl (C=O) groups excluding carboxylic acids is 1. The second-order valence-electron chi connectivity index (χ2n) is 7.62. The number of hydrogen-bond acceptors (Lipinski definition) is 5. The van der Waals surface area contributed by atoms with Crippen LogP contribution < -0.4 is 10.0 Å². The van der Waals surface area contributed by atoms with Crippen molar-refractivity contribution in [2.24, 2.45) is 5.92 Å². The second-order valence-corrected chi connectivity index (χ2v) is 9.34. The highest BCUT2D eigenvalue weighted by atomic mass is 32.2. The van der Waals surface area contributed by atoms with Crippen LogP contribution in [-0.4, -0.2) is 38.0 Å². The minimum atomic E-state index is -4.12. The minimum absolute atomic E-state index is 0.0703. The number of furan rings is 1. The van der Waals surface area contributed by atoms with Crippen LogP contribution in [0.2, 0.25) is 0 Å². The lowest BCUT2D eigenvalue weighted by atomic mass is 10.1. The number of hydrogen-bond donors (Lipinski definition) is 3. The Morgan fingerprint density at radius 3 is 2.52 bits per heavy atom. The van der Waals surface area contributed by atoms with Gasteiger partial charge in [0.05, 0.1) is 4.90 Å². The van der Waals surface area contributed by atoms with E-state index in [-0.39, 0.29) is 23.6 Å². The summed E-state index contributed by atoms with van der Waals surface area (Å²) in [6.45, 7) is 4.50. The number of amides is 1. The summed E-state index contributed by atoms with van der Waals surface area (Å²) in [5.41, 5.74) is 1.17. The van der Waals surface area contributed by atoms with Crippen LogP contribution >= 0.6 is 0 Å². The first kappa shape index (κ1) is 22.8. The van der Waals surface area contributed by atoms with E-state index in [0.29, 0.717) is 29.0 Å². The number of benzene rings is 2. The van der Waals surface area contributed by atoms with Crippen molar-refractivity contribution in [2.45, 2.75) is 44.0 Å². The molecule has 3 aromatic rings. The molecular weight excluding hydrogens is 420 g/mol. The predicted molar refractivity (Wildman–Crippen MR) is 117 cm³/mol. The van der Waals surface area contributed by atoms with E-state index in [1.165, 1.54) is 12.1 Å². The van der Waals surface area contributed by atoms with Crippen LogP contribution in [0.15, 0.2) is 51.8 Å². The number of rotatable bonds is 10. The number of aliphatic carboxylic acids is 1. The van der Waals surface area contributed by atoms with Crippen molar-refractivity contribution in [3.05, 3.63) is 42.5 Å². The van der Waals surface area contributed by atoms with Crippen LogP contribution in [0.5, 0.6) is 0 Å². The Kier molecular flexibility index (Phi) is 6.97. The highest BCUT2D eigenvalue weighted by molar-refractivity contribution is 7.89. The predicted octanol–water partition coefficient (Wildman–Crippen LogP) is 3.26. The number of para-hydroxylation sites is 1. The summed E-state index contributed by atoms with van der Waals surface area (Å²) in [5, 5.41) is 13.6. The van der Waals surface area contributed by atoms with Crippen LogP contribution in [0.1, 0.15) is 33.1 Å². The largest absolute Gasteiger partial charge is 0.480 e. The Hall–Kier alpha value is -2.91. The molecule has 0 aliphatic rings. The fraction of sp³-hybridized carbons (Fsp3) is 0.364. The number of carboxylic acid groups (broad SMARTS) is 1. The van der Waals surface area contributed by atoms with Crippen LogP contribution in [0.3, 0.4) is 0 Å². The molecule has 1 aromatic heterocycles. The molecule has 0 aliphatic heterocycles. The molecule has 1 amide bonds. The van der Waals surface area contributed by atoms with Crippen LogP contribution in [0.4, 0.5) is 0 Å². The normalized spacial score (nSPS) is 13.9. The Balaban J connectivity index is 1.74. The zero-order valence-electron chi connectivity index (χ0n) is 17.4. The molecule has 2 aromatic carbocycles. The lowest BCUT2D eigenvalue weighted by molar-refractivity contribution is -0.139. The Morgan fingerprint density at radius 2 is 1.81 bits per heavy atom. The third-order valence-electron chi connectivity index (χ3n) is 5.26. The van der Waals surface area contributed by atoms with Gasteiger partial charge in [-0.25, -0.2) is 8.42 Å². The van der Waals surface area contributed by atoms with Gasteiger partial charge in [-0.2, -0.15) is 4.72 Å². The van der Waals surface area contributed by atoms with Crippen molar-refractivity contribution in [3.8, 4) is 0 Å². The number of carboxylic acids is 1. The van der Waals surface area contributed by atoms with E-state index in [1.54, 1.807) is 12.1 Å². The van der Waals surface area contributed by atoms with Crippen molar-refractivity contribution in [1.82, 2.24) is 10.0 Å². The standard InChI is InChI=1S/C22H26N2O6S/c1-3-14(2)13-23-21(25)11-9-18(22(26)27)24-31(28,29)15-8-10-20-17(12-15)16-6-4-5-7-19(16)30-20/h4-8,10,12,14,18,24H,3,9,11,13H2,1-2H3,(H,23,25)(H,26,27). The van der Waals surface area contributed by atoms with Crippen LogP contribution in [0, 0.1) is 5.92 Å². The monoisotopic (exact) mass is 446 g/mol. The van der Waals surface area contributed by atoms with E-state index in [0.717, 1.165) is 11.8 Å². The zero-order chi connectivity index (χ0) is 22.6. The molecule has 3 rings (SSSR count). The number of carbonyl (C=O) groups is 2. The molecule has 31 heavy (non-hydrogen) atoms. The summed E-state index contributed by atoms with van der Waals surface area (Å²) in [5.74, 6) is -1.34. The topological polar surface area (TPSA) is 126 Å². The molecule has 0 fully saturated rings. The van der Waals surface area contributed by atoms with Gasteiger partial charge in [-0.05, 0) is 36.6 Å². The van der Waals surface area contributed by atoms with Crippen molar-refractivity contribution in [1.29, 1.82) is 0 Å². The molecule has 2 atom stereocenters. The van der Waals surface area contributed by atoms with Gasteiger partial charge in [-0.1, -0.05) is 38.5 Å². The van der Waals surface area contributed by atoms with Gasteiger partial charge >= 0.3 is 5.97 Å². The van der Waals surface area contributed by atoms with Gasteiger partial charge in [0.15, 0.2) is 0 Å². The molecule has 2 unspecified atom stereocenters. The maximum atomic E-state index is 12.8. The zero-order valence-corrected chi connectivity index (χ0v) is 18.2. The Bertz CT molecular complexity index is 1200. The highest BCUT2D eigenvalue weighted by Crippen LogP contribution is 2.30. The number of fused-ring (bicyclic) bond motifs is 3. The molecule has 8 nitrogen and oxygen atoms in total. The molecule has 0 aliphatic carbocycles. The van der Waals surface area contributed by atoms with Gasteiger partial charge in [0.1, 0.15) is 17.2 Å². The molecule has 0 saturated carbocycles. The third kappa shape index (κ3) is 5.42. The summed E-state index contributed by atoms with van der Waals surface area (Å²) in [6, 6.07) is 10.2. The van der Waals surface area contributed by atoms with Crippen LogP contribution in [0.25, 0.3) is 21.9 Å². The van der Waals surface area contributed by atoms with E-state index < -0.39 is 22.0 Å². The average molecular weight is 447 g/mol. The van der Waals surface area contributed by atoms with Gasteiger partial charge in [0.25, 0.3) is 0 Å². The van der Waals surface area contributed by atoms with Crippen LogP contribution in [-0.2, 0) is 19.6 Å². The maximum Gasteiger partial charge on any atom is 0.321 e. The molecular formula is C22H26N2O6S. The van der Waals surface area contributed by atoms with E-state index in [9.17, 15) is 23.1 Å². The molecule has 0 saturated heterocycles. The molecule has 3 N–H and O–H groups in total. The fourth-order valence-electron chi connectivity index (χ4n) is 3.16. The molecule has 0 bridgehead atoms. The lowest BCUT2D eigenvalue weighted by Gasteiger charge is -2.15. The van der Waals surface area contributed by atoms with Crippen molar-refractivity contribution < 1.29 is 27.5 Å². The lowest BCUT2D eigenvalue weighted by Crippen LogP contribution is -2.41. The van der Waals surface area contributed by atoms with Crippen molar-refractivity contribution in [2.75, 3.05) is 6.54 Å². The summed E-state index contributed by atoms with van der Waals surface area (Å²) in [7, 11) is -4.12. The summed E-state index contributed by atoms with van der Waals surface area (Å²) >= 11 is 0. The van der Waals surface area contributed by atoms with E-state index in [4.69, 9.17) is 4.42 Å². The van der Waals surface area contributed by atoms with Gasteiger partial charge in [-0.3, -0.25) is 9.59 Å². The minimum Gasteiger partial charge on any atom is -0.480 e. The number of nitrogens with one attached hydrogen (secondary N) is 2. The SMILES string of the molecule is CCC(C)CNC(=O)CCC(NS(=O)(=O)c1ccc2oc3ccccc3c2c1)C(=O)O. The van der Waals surface area contributed by atoms with E-state index in [1.807, 2.05) is 32.0 Å². The van der Waals surface area contributed by atoms with Gasteiger partial charge in [0.2, 0.25) is 15.9 Å². The smallest absolute Gasteiger partial charge is 0.321 e. The molecule has 166 valence electrons. The second kappa shape index (κ2) is 9.49. The molecule has 0 radical (unpaired) electrons. The van der Waals surface area contributed by atoms with E-state index in [2.05, 4.69) is 10.0 Å². The summed E-state index contributed by atoms with van der Waals surface area (Å²) in [6.07, 6.45) is 0.660. The van der Waals surface area contributed by atoms with Gasteiger partial charge in [0, 0.05) is 23.7 Å². The highest BCUT2D eigenvalue weighted by Gasteiger charge is 2.26. The first-order valence-corrected chi connectivity index (χ1v) is 11.6. The molecule has 1 heterocycles.